The number of benzene rings is 2. The van der Waals surface area contributed by atoms with Crippen LogP contribution in [0.15, 0.2) is 36.4 Å². The van der Waals surface area contributed by atoms with Gasteiger partial charge in [-0.2, -0.15) is 0 Å². The molecule has 2 aliphatic rings. The molecule has 11 heteroatoms. The van der Waals surface area contributed by atoms with E-state index in [2.05, 4.69) is 10.6 Å². The van der Waals surface area contributed by atoms with Gasteiger partial charge in [0.05, 0.1) is 16.6 Å². The molecule has 2 amide bonds. The van der Waals surface area contributed by atoms with E-state index in [-0.39, 0.29) is 16.4 Å². The smallest absolute Gasteiger partial charge is 0.260 e. The summed E-state index contributed by atoms with van der Waals surface area (Å²) in [6, 6.07) is 9.11. The Morgan fingerprint density at radius 2 is 1.55 bits per heavy atom. The molecule has 4 rings (SSSR count). The lowest BCUT2D eigenvalue weighted by Gasteiger charge is -2.11. The molecule has 0 saturated heterocycles. The Hall–Kier alpha value is -1.31. The van der Waals surface area contributed by atoms with Crippen molar-refractivity contribution in [2.24, 2.45) is 11.8 Å². The number of nitrogens with one attached hydrogen (secondary N) is 2. The maximum Gasteiger partial charge on any atom is 0.260 e. The van der Waals surface area contributed by atoms with Crippen LogP contribution < -0.4 is 10.6 Å². The topological polar surface area (TPSA) is 58.2 Å². The third-order valence-corrected chi connectivity index (χ3v) is 6.92. The second-order valence-corrected chi connectivity index (χ2v) is 10.2. The Balaban J connectivity index is 1.48. The number of rotatable bonds is 5. The first-order valence-electron chi connectivity index (χ1n) is 9.03. The summed E-state index contributed by atoms with van der Waals surface area (Å²) < 4.78 is 24.8. The van der Waals surface area contributed by atoms with E-state index in [1.54, 1.807) is 18.2 Å². The van der Waals surface area contributed by atoms with E-state index in [1.807, 2.05) is 0 Å². The van der Waals surface area contributed by atoms with Gasteiger partial charge in [-0.15, -0.1) is 23.2 Å². The number of halogens is 7. The molecule has 1 unspecified atom stereocenters. The van der Waals surface area contributed by atoms with Crippen LogP contribution in [0, 0.1) is 11.8 Å². The van der Waals surface area contributed by atoms with Crippen LogP contribution in [0.25, 0.3) is 0 Å². The maximum atomic E-state index is 13.1. The molecule has 0 radical (unpaired) electrons. The molecule has 0 aliphatic heterocycles. The molecular weight excluding hydrogens is 515 g/mol. The third kappa shape index (κ3) is 4.60. The normalized spacial score (nSPS) is 24.9. The van der Waals surface area contributed by atoms with E-state index < -0.39 is 46.2 Å². The molecule has 31 heavy (non-hydrogen) atoms. The van der Waals surface area contributed by atoms with E-state index in [0.717, 1.165) is 0 Å². The minimum atomic E-state index is -3.00. The summed E-state index contributed by atoms with van der Waals surface area (Å²) in [5.74, 6) is -7.02. The van der Waals surface area contributed by atoms with Crippen molar-refractivity contribution in [3.05, 3.63) is 57.0 Å². The minimum Gasteiger partial charge on any atom is -0.326 e. The molecular formula is C20H13Cl5F2N2O2. The van der Waals surface area contributed by atoms with Gasteiger partial charge in [0.1, 0.15) is 10.3 Å². The highest BCUT2D eigenvalue weighted by Gasteiger charge is 2.67. The zero-order chi connectivity index (χ0) is 22.7. The van der Waals surface area contributed by atoms with E-state index in [0.29, 0.717) is 15.6 Å². The van der Waals surface area contributed by atoms with Gasteiger partial charge in [-0.05, 0) is 42.0 Å². The molecule has 4 nitrogen and oxygen atoms in total. The van der Waals surface area contributed by atoms with E-state index in [9.17, 15) is 18.4 Å². The monoisotopic (exact) mass is 526 g/mol. The van der Waals surface area contributed by atoms with E-state index in [1.165, 1.54) is 18.2 Å². The number of hydrogen-bond acceptors (Lipinski definition) is 2. The van der Waals surface area contributed by atoms with Gasteiger partial charge in [0.15, 0.2) is 0 Å². The largest absolute Gasteiger partial charge is 0.326 e. The van der Waals surface area contributed by atoms with Gasteiger partial charge in [-0.3, -0.25) is 9.59 Å². The van der Waals surface area contributed by atoms with Gasteiger partial charge in [0, 0.05) is 28.1 Å². The zero-order valence-electron chi connectivity index (χ0n) is 15.4. The van der Waals surface area contributed by atoms with Crippen molar-refractivity contribution in [3.8, 4) is 0 Å². The lowest BCUT2D eigenvalue weighted by molar-refractivity contribution is -0.119. The SMILES string of the molecule is O=C(Nc1cc(NC(=O)[C@H]2[C@H](c3cc(Cl)cc(Cl)c3)C2(Cl)Cl)ccc1Cl)C1CC1(F)F. The Morgan fingerprint density at radius 3 is 2.13 bits per heavy atom. The third-order valence-electron chi connectivity index (χ3n) is 5.21. The van der Waals surface area contributed by atoms with Crippen molar-refractivity contribution in [1.29, 1.82) is 0 Å². The predicted octanol–water partition coefficient (Wildman–Crippen LogP) is 6.77. The van der Waals surface area contributed by atoms with Gasteiger partial charge < -0.3 is 10.6 Å². The van der Waals surface area contributed by atoms with Crippen LogP contribution >= 0.6 is 58.0 Å². The highest BCUT2D eigenvalue weighted by atomic mass is 35.5. The zero-order valence-corrected chi connectivity index (χ0v) is 19.1. The van der Waals surface area contributed by atoms with Crippen molar-refractivity contribution in [2.45, 2.75) is 22.6 Å². The summed E-state index contributed by atoms with van der Waals surface area (Å²) in [6.45, 7) is 0. The van der Waals surface area contributed by atoms with Crippen LogP contribution in [0.5, 0.6) is 0 Å². The number of amides is 2. The van der Waals surface area contributed by atoms with Gasteiger partial charge in [0.2, 0.25) is 11.8 Å². The average molecular weight is 529 g/mol. The molecule has 2 N–H and O–H groups in total. The molecule has 0 aromatic heterocycles. The summed E-state index contributed by atoms with van der Waals surface area (Å²) >= 11 is 30.8. The number of carbonyl (C=O) groups is 2. The molecule has 0 spiro atoms. The Morgan fingerprint density at radius 1 is 0.935 bits per heavy atom. The van der Waals surface area contributed by atoms with Gasteiger partial charge >= 0.3 is 0 Å². The van der Waals surface area contributed by atoms with Crippen LogP contribution in [-0.2, 0) is 9.59 Å². The molecule has 2 saturated carbocycles. The Labute approximate surface area is 201 Å². The molecule has 0 heterocycles. The van der Waals surface area contributed by atoms with Gasteiger partial charge in [-0.1, -0.05) is 34.8 Å². The van der Waals surface area contributed by atoms with Crippen LogP contribution in [0.4, 0.5) is 20.2 Å². The number of anilines is 2. The first-order chi connectivity index (χ1) is 14.4. The highest BCUT2D eigenvalue weighted by molar-refractivity contribution is 6.53. The summed E-state index contributed by atoms with van der Waals surface area (Å²) in [5, 5.41) is 5.93. The fourth-order valence-corrected chi connectivity index (χ4v) is 4.99. The summed E-state index contributed by atoms with van der Waals surface area (Å²) in [5.41, 5.74) is 1.01. The standard InChI is InChI=1S/C20H13Cl5F2N2O2/c21-9-3-8(4-10(22)5-9)15-16(20(15,24)25)18(31)28-11-1-2-13(23)14(6-11)29-17(30)12-7-19(12,26)27/h1-6,12,15-16H,7H2,(H,28,31)(H,29,30)/t12?,15-,16+/m0/s1. The van der Waals surface area contributed by atoms with E-state index in [4.69, 9.17) is 58.0 Å². The maximum absolute atomic E-state index is 13.1. The van der Waals surface area contributed by atoms with Gasteiger partial charge in [0.25, 0.3) is 5.92 Å². The van der Waals surface area contributed by atoms with Gasteiger partial charge in [-0.25, -0.2) is 8.78 Å². The molecule has 2 aliphatic carbocycles. The molecule has 0 bridgehead atoms. The quantitative estimate of drug-likeness (QED) is 0.421. The van der Waals surface area contributed by atoms with Crippen LogP contribution in [-0.4, -0.2) is 22.1 Å². The summed E-state index contributed by atoms with van der Waals surface area (Å²) in [6.07, 6.45) is -0.503. The Kier molecular flexibility index (Phi) is 5.85. The first kappa shape index (κ1) is 22.9. The molecule has 2 aromatic carbocycles. The molecule has 3 atom stereocenters. The Bertz CT molecular complexity index is 1070. The summed E-state index contributed by atoms with van der Waals surface area (Å²) in [7, 11) is 0. The average Bonchev–Trinajstić information content (AvgIpc) is 3.47. The van der Waals surface area contributed by atoms with Crippen LogP contribution in [0.1, 0.15) is 17.9 Å². The lowest BCUT2D eigenvalue weighted by Crippen LogP contribution is -2.19. The van der Waals surface area contributed by atoms with Crippen molar-refractivity contribution in [3.63, 3.8) is 0 Å². The summed E-state index contributed by atoms with van der Waals surface area (Å²) in [4.78, 5) is 24.7. The minimum absolute atomic E-state index is 0.101. The second-order valence-electron chi connectivity index (χ2n) is 7.52. The first-order valence-corrected chi connectivity index (χ1v) is 10.9. The van der Waals surface area contributed by atoms with Crippen molar-refractivity contribution < 1.29 is 18.4 Å². The van der Waals surface area contributed by atoms with E-state index >= 15 is 0 Å². The van der Waals surface area contributed by atoms with Crippen molar-refractivity contribution >= 4 is 81.2 Å². The molecule has 2 aromatic rings. The fraction of sp³-hybridized carbons (Fsp3) is 0.300. The van der Waals surface area contributed by atoms with Crippen molar-refractivity contribution in [1.82, 2.24) is 0 Å². The molecule has 164 valence electrons. The predicted molar refractivity (Wildman–Crippen MR) is 119 cm³/mol. The highest BCUT2D eigenvalue weighted by Crippen LogP contribution is 2.65. The number of alkyl halides is 4. The number of hydrogen-bond donors (Lipinski definition) is 2. The van der Waals surface area contributed by atoms with Crippen molar-refractivity contribution in [2.75, 3.05) is 10.6 Å². The fourth-order valence-electron chi connectivity index (χ4n) is 3.46. The van der Waals surface area contributed by atoms with Crippen LogP contribution in [0.2, 0.25) is 15.1 Å². The molecule has 2 fully saturated rings. The number of carbonyl (C=O) groups excluding carboxylic acids is 2. The second kappa shape index (κ2) is 7.92. The van der Waals surface area contributed by atoms with Crippen LogP contribution in [0.3, 0.4) is 0 Å². The lowest BCUT2D eigenvalue weighted by atomic mass is 10.1.